The highest BCUT2D eigenvalue weighted by atomic mass is 35.5. The minimum absolute atomic E-state index is 0.0320. The molecule has 2 atom stereocenters. The van der Waals surface area contributed by atoms with Crippen molar-refractivity contribution in [1.82, 2.24) is 10.2 Å². The number of carbonyl (C=O) groups excluding carboxylic acids is 2. The summed E-state index contributed by atoms with van der Waals surface area (Å²) in [6, 6.07) is 11.9. The zero-order valence-electron chi connectivity index (χ0n) is 19.2. The third-order valence-electron chi connectivity index (χ3n) is 5.52. The number of nitrogens with zero attached hydrogens (tertiary/aromatic N) is 1. The molecule has 0 saturated carbocycles. The summed E-state index contributed by atoms with van der Waals surface area (Å²) < 4.78 is 14.1. The molecule has 0 heterocycles. The summed E-state index contributed by atoms with van der Waals surface area (Å²) in [6.45, 7) is 8.20. The highest BCUT2D eigenvalue weighted by molar-refractivity contribution is 7.99. The molecule has 7 heteroatoms. The molecule has 0 bridgehead atoms. The summed E-state index contributed by atoms with van der Waals surface area (Å²) >= 11 is 7.40. The lowest BCUT2D eigenvalue weighted by Gasteiger charge is -2.32. The van der Waals surface area contributed by atoms with Crippen molar-refractivity contribution in [3.05, 3.63) is 70.0 Å². The molecule has 2 aromatic rings. The van der Waals surface area contributed by atoms with E-state index >= 15 is 0 Å². The minimum atomic E-state index is -0.575. The molecular weight excluding hydrogens is 447 g/mol. The Morgan fingerprint density at radius 3 is 2.47 bits per heavy atom. The molecule has 0 aliphatic heterocycles. The number of halogens is 2. The van der Waals surface area contributed by atoms with E-state index in [0.29, 0.717) is 23.6 Å². The Morgan fingerprint density at radius 2 is 1.84 bits per heavy atom. The number of nitrogens with one attached hydrogen (secondary N) is 1. The van der Waals surface area contributed by atoms with Crippen LogP contribution in [0.25, 0.3) is 0 Å². The molecule has 0 aromatic heterocycles. The van der Waals surface area contributed by atoms with Crippen molar-refractivity contribution in [2.24, 2.45) is 0 Å². The second-order valence-electron chi connectivity index (χ2n) is 7.88. The van der Waals surface area contributed by atoms with E-state index in [1.165, 1.54) is 17.8 Å². The first kappa shape index (κ1) is 26.2. The lowest BCUT2D eigenvalue weighted by molar-refractivity contribution is -0.139. The van der Waals surface area contributed by atoms with E-state index in [1.54, 1.807) is 17.0 Å². The summed E-state index contributed by atoms with van der Waals surface area (Å²) in [5, 5.41) is 3.35. The molecule has 2 amide bonds. The Hall–Kier alpha value is -2.05. The Morgan fingerprint density at radius 1 is 1.12 bits per heavy atom. The molecular formula is C25H32ClFN2O2S. The smallest absolute Gasteiger partial charge is 0.243 e. The van der Waals surface area contributed by atoms with Gasteiger partial charge in [-0.2, -0.15) is 0 Å². The van der Waals surface area contributed by atoms with Gasteiger partial charge >= 0.3 is 0 Å². The van der Waals surface area contributed by atoms with Crippen molar-refractivity contribution in [2.45, 2.75) is 64.9 Å². The van der Waals surface area contributed by atoms with E-state index < -0.39 is 6.04 Å². The number of hydrogen-bond acceptors (Lipinski definition) is 3. The van der Waals surface area contributed by atoms with Crippen LogP contribution < -0.4 is 5.32 Å². The maximum atomic E-state index is 14.1. The van der Waals surface area contributed by atoms with Crippen LogP contribution in [-0.4, -0.2) is 34.6 Å². The van der Waals surface area contributed by atoms with Gasteiger partial charge in [0.25, 0.3) is 0 Å². The topological polar surface area (TPSA) is 49.4 Å². The van der Waals surface area contributed by atoms with Crippen LogP contribution in [0.15, 0.2) is 42.5 Å². The number of carbonyl (C=O) groups is 2. The van der Waals surface area contributed by atoms with Crippen molar-refractivity contribution >= 4 is 35.2 Å². The monoisotopic (exact) mass is 478 g/mol. The van der Waals surface area contributed by atoms with Crippen LogP contribution in [0.1, 0.15) is 50.3 Å². The normalized spacial score (nSPS) is 12.8. The Balaban J connectivity index is 2.19. The van der Waals surface area contributed by atoms with Crippen molar-refractivity contribution in [1.29, 1.82) is 0 Å². The second kappa shape index (κ2) is 12.9. The van der Waals surface area contributed by atoms with Crippen LogP contribution >= 0.6 is 23.4 Å². The van der Waals surface area contributed by atoms with Crippen molar-refractivity contribution < 1.29 is 14.0 Å². The van der Waals surface area contributed by atoms with Crippen LogP contribution in [-0.2, 0) is 21.9 Å². The fourth-order valence-electron chi connectivity index (χ4n) is 3.33. The minimum Gasteiger partial charge on any atom is -0.352 e. The molecule has 2 aromatic carbocycles. The lowest BCUT2D eigenvalue weighted by atomic mass is 10.1. The third kappa shape index (κ3) is 7.24. The Bertz CT molecular complexity index is 904. The SMILES string of the molecule is CC[C@H](C(=O)N[C@@H](C)CC)N(Cc1ccccc1C)C(=O)CSCc1c(F)cccc1Cl. The van der Waals surface area contributed by atoms with Crippen molar-refractivity contribution in [3.63, 3.8) is 0 Å². The molecule has 0 aliphatic rings. The zero-order valence-corrected chi connectivity index (χ0v) is 20.7. The molecule has 1 N–H and O–H groups in total. The van der Waals surface area contributed by atoms with Gasteiger partial charge in [-0.05, 0) is 49.9 Å². The first-order valence-corrected chi connectivity index (χ1v) is 12.5. The van der Waals surface area contributed by atoms with Crippen LogP contribution in [0.5, 0.6) is 0 Å². The van der Waals surface area contributed by atoms with Crippen molar-refractivity contribution in [3.8, 4) is 0 Å². The number of hydrogen-bond donors (Lipinski definition) is 1. The zero-order chi connectivity index (χ0) is 23.7. The summed E-state index contributed by atoms with van der Waals surface area (Å²) in [4.78, 5) is 27.9. The lowest BCUT2D eigenvalue weighted by Crippen LogP contribution is -2.51. The Labute approximate surface area is 199 Å². The Kier molecular flexibility index (Phi) is 10.5. The van der Waals surface area contributed by atoms with Crippen LogP contribution in [0.4, 0.5) is 4.39 Å². The largest absolute Gasteiger partial charge is 0.352 e. The second-order valence-corrected chi connectivity index (χ2v) is 9.28. The quantitative estimate of drug-likeness (QED) is 0.447. The van der Waals surface area contributed by atoms with Gasteiger partial charge in [-0.15, -0.1) is 11.8 Å². The van der Waals surface area contributed by atoms with Gasteiger partial charge in [-0.1, -0.05) is 55.8 Å². The van der Waals surface area contributed by atoms with Gasteiger partial charge in [0.05, 0.1) is 5.75 Å². The van der Waals surface area contributed by atoms with Gasteiger partial charge in [0.1, 0.15) is 11.9 Å². The van der Waals surface area contributed by atoms with Gasteiger partial charge in [0, 0.05) is 28.9 Å². The first-order valence-electron chi connectivity index (χ1n) is 10.9. The third-order valence-corrected chi connectivity index (χ3v) is 6.82. The summed E-state index contributed by atoms with van der Waals surface area (Å²) in [5.74, 6) is -0.272. The van der Waals surface area contributed by atoms with E-state index in [4.69, 9.17) is 11.6 Å². The summed E-state index contributed by atoms with van der Waals surface area (Å²) in [5.41, 5.74) is 2.45. The summed E-state index contributed by atoms with van der Waals surface area (Å²) in [7, 11) is 0. The maximum absolute atomic E-state index is 14.1. The fraction of sp³-hybridized carbons (Fsp3) is 0.440. The van der Waals surface area contributed by atoms with Gasteiger partial charge in [-0.25, -0.2) is 4.39 Å². The van der Waals surface area contributed by atoms with E-state index in [0.717, 1.165) is 17.5 Å². The molecule has 0 saturated heterocycles. The van der Waals surface area contributed by atoms with E-state index in [9.17, 15) is 14.0 Å². The average Bonchev–Trinajstić information content (AvgIpc) is 2.76. The van der Waals surface area contributed by atoms with Crippen LogP contribution in [0, 0.1) is 12.7 Å². The molecule has 0 fully saturated rings. The number of thioether (sulfide) groups is 1. The predicted octanol–water partition coefficient (Wildman–Crippen LogP) is 5.74. The van der Waals surface area contributed by atoms with Gasteiger partial charge in [-0.3, -0.25) is 9.59 Å². The van der Waals surface area contributed by atoms with Crippen LogP contribution in [0.2, 0.25) is 5.02 Å². The molecule has 174 valence electrons. The van der Waals surface area contributed by atoms with Gasteiger partial charge in [0.2, 0.25) is 11.8 Å². The van der Waals surface area contributed by atoms with E-state index in [1.807, 2.05) is 52.0 Å². The highest BCUT2D eigenvalue weighted by Gasteiger charge is 2.29. The molecule has 0 aliphatic carbocycles. The van der Waals surface area contributed by atoms with Gasteiger partial charge < -0.3 is 10.2 Å². The van der Waals surface area contributed by atoms with E-state index in [2.05, 4.69) is 5.32 Å². The van der Waals surface area contributed by atoms with Crippen LogP contribution in [0.3, 0.4) is 0 Å². The van der Waals surface area contributed by atoms with Crippen molar-refractivity contribution in [2.75, 3.05) is 5.75 Å². The highest BCUT2D eigenvalue weighted by Crippen LogP contribution is 2.25. The standard InChI is InChI=1S/C25H32ClFN2O2S/c1-5-18(4)28-25(31)23(6-2)29(14-19-11-8-7-10-17(19)3)24(30)16-32-15-20-21(26)12-9-13-22(20)27/h7-13,18,23H,5-6,14-16H2,1-4H3,(H,28,31)/t18-,23+/m0/s1. The number of benzene rings is 2. The average molecular weight is 479 g/mol. The maximum Gasteiger partial charge on any atom is 0.243 e. The molecule has 0 spiro atoms. The molecule has 32 heavy (non-hydrogen) atoms. The summed E-state index contributed by atoms with van der Waals surface area (Å²) in [6.07, 6.45) is 1.32. The molecule has 0 unspecified atom stereocenters. The first-order chi connectivity index (χ1) is 15.3. The fourth-order valence-corrected chi connectivity index (χ4v) is 4.57. The molecule has 4 nitrogen and oxygen atoms in total. The molecule has 0 radical (unpaired) electrons. The predicted molar refractivity (Wildman–Crippen MR) is 131 cm³/mol. The number of rotatable bonds is 11. The number of amides is 2. The molecule has 2 rings (SSSR count). The van der Waals surface area contributed by atoms with E-state index in [-0.39, 0.29) is 35.2 Å². The number of aryl methyl sites for hydroxylation is 1. The van der Waals surface area contributed by atoms with Gasteiger partial charge in [0.15, 0.2) is 0 Å².